The smallest absolute Gasteiger partial charge is 0.305 e. The molecule has 0 aliphatic rings. The van der Waals surface area contributed by atoms with Gasteiger partial charge in [0.05, 0.1) is 11.8 Å². The molecule has 4 nitrogen and oxygen atoms in total. The van der Waals surface area contributed by atoms with Gasteiger partial charge in [0.2, 0.25) is 5.91 Å². The van der Waals surface area contributed by atoms with Crippen molar-refractivity contribution in [1.82, 2.24) is 4.90 Å². The molecule has 1 rings (SSSR count). The van der Waals surface area contributed by atoms with Crippen molar-refractivity contribution in [3.8, 4) is 0 Å². The van der Waals surface area contributed by atoms with E-state index in [2.05, 4.69) is 0 Å². The lowest BCUT2D eigenvalue weighted by Gasteiger charge is -2.31. The van der Waals surface area contributed by atoms with Gasteiger partial charge in [-0.3, -0.25) is 9.59 Å². The predicted molar refractivity (Wildman–Crippen MR) is 73.9 cm³/mol. The minimum atomic E-state index is -0.934. The Hall–Kier alpha value is -1.91. The summed E-state index contributed by atoms with van der Waals surface area (Å²) in [6.07, 6.45) is -0.0842. The highest BCUT2D eigenvalue weighted by atomic mass is 19.1. The molecule has 0 saturated heterocycles. The van der Waals surface area contributed by atoms with Gasteiger partial charge in [0, 0.05) is 13.1 Å². The number of rotatable bonds is 6. The Morgan fingerprint density at radius 1 is 1.25 bits per heavy atom. The average molecular weight is 281 g/mol. The molecular formula is C15H20FNO3. The molecule has 20 heavy (non-hydrogen) atoms. The van der Waals surface area contributed by atoms with Crippen LogP contribution in [0.15, 0.2) is 24.3 Å². The quantitative estimate of drug-likeness (QED) is 0.871. The van der Waals surface area contributed by atoms with Crippen molar-refractivity contribution in [1.29, 1.82) is 0 Å². The van der Waals surface area contributed by atoms with Gasteiger partial charge in [0.1, 0.15) is 5.82 Å². The molecule has 0 unspecified atom stereocenters. The van der Waals surface area contributed by atoms with Gasteiger partial charge in [0.15, 0.2) is 0 Å². The summed E-state index contributed by atoms with van der Waals surface area (Å²) in [6.45, 7) is 5.94. The topological polar surface area (TPSA) is 57.6 Å². The number of carboxylic acid groups (broad SMARTS) is 1. The summed E-state index contributed by atoms with van der Waals surface area (Å²) in [5, 5.41) is 8.71. The number of carbonyl (C=O) groups is 2. The lowest BCUT2D eigenvalue weighted by Crippen LogP contribution is -2.44. The summed E-state index contributed by atoms with van der Waals surface area (Å²) < 4.78 is 12.9. The Morgan fingerprint density at radius 2 is 1.80 bits per heavy atom. The molecule has 0 bridgehead atoms. The second kappa shape index (κ2) is 6.50. The van der Waals surface area contributed by atoms with Crippen LogP contribution in [0.4, 0.5) is 4.39 Å². The van der Waals surface area contributed by atoms with E-state index in [-0.39, 0.29) is 24.7 Å². The first-order chi connectivity index (χ1) is 9.28. The molecule has 1 N–H and O–H groups in total. The van der Waals surface area contributed by atoms with Gasteiger partial charge in [-0.2, -0.15) is 0 Å². The highest BCUT2D eigenvalue weighted by Gasteiger charge is 2.33. The molecule has 1 aromatic rings. The van der Waals surface area contributed by atoms with E-state index in [9.17, 15) is 14.0 Å². The number of halogens is 1. The molecule has 1 amide bonds. The summed E-state index contributed by atoms with van der Waals surface area (Å²) in [5.41, 5.74) is -0.111. The van der Waals surface area contributed by atoms with Gasteiger partial charge in [-0.15, -0.1) is 0 Å². The zero-order chi connectivity index (χ0) is 15.3. The van der Waals surface area contributed by atoms with E-state index in [0.29, 0.717) is 12.1 Å². The molecule has 0 aliphatic heterocycles. The Labute approximate surface area is 118 Å². The first kappa shape index (κ1) is 16.1. The molecular weight excluding hydrogens is 261 g/mol. The number of amides is 1. The van der Waals surface area contributed by atoms with Crippen molar-refractivity contribution in [3.63, 3.8) is 0 Å². The van der Waals surface area contributed by atoms with Crippen LogP contribution in [0.1, 0.15) is 32.8 Å². The van der Waals surface area contributed by atoms with Crippen LogP contribution >= 0.6 is 0 Å². The largest absolute Gasteiger partial charge is 0.481 e. The van der Waals surface area contributed by atoms with Crippen LogP contribution in [0.5, 0.6) is 0 Å². The van der Waals surface area contributed by atoms with Crippen LogP contribution in [0.3, 0.4) is 0 Å². The van der Waals surface area contributed by atoms with Gasteiger partial charge >= 0.3 is 5.97 Å². The molecule has 0 saturated carbocycles. The molecule has 0 aliphatic carbocycles. The second-order valence-electron chi connectivity index (χ2n) is 5.16. The number of hydrogen-bond acceptors (Lipinski definition) is 2. The summed E-state index contributed by atoms with van der Waals surface area (Å²) in [4.78, 5) is 24.7. The Bertz CT molecular complexity index is 482. The van der Waals surface area contributed by atoms with E-state index >= 15 is 0 Å². The molecule has 0 heterocycles. The number of nitrogens with zero attached hydrogens (tertiary/aromatic N) is 1. The first-order valence-electron chi connectivity index (χ1n) is 6.56. The van der Waals surface area contributed by atoms with Crippen molar-refractivity contribution < 1.29 is 19.1 Å². The summed E-state index contributed by atoms with van der Waals surface area (Å²) in [6, 6.07) is 5.80. The zero-order valence-corrected chi connectivity index (χ0v) is 12.0. The Kier molecular flexibility index (Phi) is 5.25. The fourth-order valence-electron chi connectivity index (χ4n) is 2.02. The molecule has 0 atom stereocenters. The lowest BCUT2D eigenvalue weighted by atomic mass is 9.83. The fraction of sp³-hybridized carbons (Fsp3) is 0.467. The molecule has 1 aromatic carbocycles. The van der Waals surface area contributed by atoms with E-state index in [4.69, 9.17) is 5.11 Å². The number of aliphatic carboxylic acids is 1. The third kappa shape index (κ3) is 3.79. The van der Waals surface area contributed by atoms with E-state index in [1.165, 1.54) is 17.0 Å². The summed E-state index contributed by atoms with van der Waals surface area (Å²) in [7, 11) is 0. The van der Waals surface area contributed by atoms with Crippen molar-refractivity contribution in [2.75, 3.05) is 13.1 Å². The van der Waals surface area contributed by atoms with Crippen LogP contribution in [-0.4, -0.2) is 35.0 Å². The summed E-state index contributed by atoms with van der Waals surface area (Å²) in [5.74, 6) is -1.45. The molecule has 0 fully saturated rings. The molecule has 5 heteroatoms. The van der Waals surface area contributed by atoms with Crippen LogP contribution in [0, 0.1) is 5.82 Å². The van der Waals surface area contributed by atoms with Gasteiger partial charge < -0.3 is 10.0 Å². The molecule has 0 radical (unpaired) electrons. The molecule has 110 valence electrons. The minimum absolute atomic E-state index is 0.0842. The fourth-order valence-corrected chi connectivity index (χ4v) is 2.02. The third-order valence-electron chi connectivity index (χ3n) is 3.37. The maximum Gasteiger partial charge on any atom is 0.305 e. The monoisotopic (exact) mass is 281 g/mol. The number of hydrogen-bond donors (Lipinski definition) is 1. The van der Waals surface area contributed by atoms with Crippen molar-refractivity contribution in [3.05, 3.63) is 35.6 Å². The Morgan fingerprint density at radius 3 is 2.25 bits per heavy atom. The third-order valence-corrected chi connectivity index (χ3v) is 3.37. The Balaban J connectivity index is 2.91. The normalized spacial score (nSPS) is 11.2. The van der Waals surface area contributed by atoms with Crippen molar-refractivity contribution >= 4 is 11.9 Å². The number of benzene rings is 1. The van der Waals surface area contributed by atoms with E-state index in [1.807, 2.05) is 0 Å². The maximum atomic E-state index is 12.9. The second-order valence-corrected chi connectivity index (χ2v) is 5.16. The van der Waals surface area contributed by atoms with Crippen molar-refractivity contribution in [2.24, 2.45) is 0 Å². The summed E-state index contributed by atoms with van der Waals surface area (Å²) >= 11 is 0. The highest BCUT2D eigenvalue weighted by Crippen LogP contribution is 2.26. The van der Waals surface area contributed by atoms with Gasteiger partial charge in [-0.25, -0.2) is 4.39 Å². The highest BCUT2D eigenvalue weighted by molar-refractivity contribution is 5.87. The van der Waals surface area contributed by atoms with Gasteiger partial charge in [-0.1, -0.05) is 12.1 Å². The van der Waals surface area contributed by atoms with Gasteiger partial charge in [-0.05, 0) is 38.5 Å². The lowest BCUT2D eigenvalue weighted by molar-refractivity contribution is -0.140. The zero-order valence-electron chi connectivity index (χ0n) is 12.0. The number of carbonyl (C=O) groups excluding carboxylic acids is 1. The van der Waals surface area contributed by atoms with Crippen LogP contribution < -0.4 is 0 Å². The number of carboxylic acids is 1. The SMILES string of the molecule is CCN(CCC(=O)O)C(=O)C(C)(C)c1ccc(F)cc1. The molecule has 0 aromatic heterocycles. The van der Waals surface area contributed by atoms with Crippen LogP contribution in [0.2, 0.25) is 0 Å². The van der Waals surface area contributed by atoms with Crippen LogP contribution in [-0.2, 0) is 15.0 Å². The van der Waals surface area contributed by atoms with Crippen molar-refractivity contribution in [2.45, 2.75) is 32.6 Å². The standard InChI is InChI=1S/C15H20FNO3/c1-4-17(10-9-13(18)19)14(20)15(2,3)11-5-7-12(16)8-6-11/h5-8H,4,9-10H2,1-3H3,(H,18,19). The average Bonchev–Trinajstić information content (AvgIpc) is 2.39. The van der Waals surface area contributed by atoms with E-state index < -0.39 is 11.4 Å². The minimum Gasteiger partial charge on any atom is -0.481 e. The van der Waals surface area contributed by atoms with Crippen LogP contribution in [0.25, 0.3) is 0 Å². The van der Waals surface area contributed by atoms with E-state index in [0.717, 1.165) is 0 Å². The van der Waals surface area contributed by atoms with E-state index in [1.54, 1.807) is 32.9 Å². The predicted octanol–water partition coefficient (Wildman–Crippen LogP) is 2.43. The number of likely N-dealkylation sites (N-methyl/N-ethyl adjacent to an activating group) is 1. The maximum absolute atomic E-state index is 12.9. The first-order valence-corrected chi connectivity index (χ1v) is 6.56. The van der Waals surface area contributed by atoms with Gasteiger partial charge in [0.25, 0.3) is 0 Å². The molecule has 0 spiro atoms.